The van der Waals surface area contributed by atoms with E-state index < -0.39 is 0 Å². The maximum atomic E-state index is 10.8. The monoisotopic (exact) mass is 201 g/mol. The minimum atomic E-state index is -0.259. The fourth-order valence-corrected chi connectivity index (χ4v) is 1.35. The maximum Gasteiger partial charge on any atom is 0.231 e. The Morgan fingerprint density at radius 2 is 2.14 bits per heavy atom. The summed E-state index contributed by atoms with van der Waals surface area (Å²) in [4.78, 5) is 12.9. The molecule has 0 aromatic rings. The van der Waals surface area contributed by atoms with Gasteiger partial charge >= 0.3 is 0 Å². The molecule has 0 aromatic carbocycles. The summed E-state index contributed by atoms with van der Waals surface area (Å²) in [6, 6.07) is 0. The summed E-state index contributed by atoms with van der Waals surface area (Å²) in [6.07, 6.45) is 2.23. The van der Waals surface area contributed by atoms with Gasteiger partial charge in [0.05, 0.1) is 6.54 Å². The Labute approximate surface area is 86.6 Å². The van der Waals surface area contributed by atoms with Crippen molar-refractivity contribution in [1.82, 2.24) is 4.90 Å². The van der Waals surface area contributed by atoms with Crippen molar-refractivity contribution in [3.8, 4) is 0 Å². The lowest BCUT2D eigenvalue weighted by molar-refractivity contribution is -0.119. The number of primary amides is 1. The molecule has 0 saturated heterocycles. The summed E-state index contributed by atoms with van der Waals surface area (Å²) in [5.74, 6) is 0.163. The number of carbonyl (C=O) groups is 1. The summed E-state index contributed by atoms with van der Waals surface area (Å²) >= 11 is 0. The Balaban J connectivity index is 3.89. The van der Waals surface area contributed by atoms with E-state index in [9.17, 15) is 4.79 Å². The Kier molecular flexibility index (Phi) is 7.42. The van der Waals surface area contributed by atoms with Crippen molar-refractivity contribution in [1.29, 1.82) is 0 Å². The molecule has 4 nitrogen and oxygen atoms in total. The van der Waals surface area contributed by atoms with Gasteiger partial charge in [0.25, 0.3) is 0 Å². The molecule has 4 N–H and O–H groups in total. The lowest BCUT2D eigenvalue weighted by atomic mass is 10.1. The number of carbonyl (C=O) groups excluding carboxylic acids is 1. The van der Waals surface area contributed by atoms with E-state index in [1.54, 1.807) is 0 Å². The number of amides is 1. The second kappa shape index (κ2) is 7.76. The summed E-state index contributed by atoms with van der Waals surface area (Å²) in [5, 5.41) is 0. The first kappa shape index (κ1) is 13.4. The van der Waals surface area contributed by atoms with Gasteiger partial charge in [-0.25, -0.2) is 0 Å². The van der Waals surface area contributed by atoms with Crippen LogP contribution in [0.3, 0.4) is 0 Å². The van der Waals surface area contributed by atoms with Gasteiger partial charge in [0.1, 0.15) is 0 Å². The minimum absolute atomic E-state index is 0.259. The highest BCUT2D eigenvalue weighted by molar-refractivity contribution is 5.75. The van der Waals surface area contributed by atoms with Crippen molar-refractivity contribution in [2.45, 2.75) is 26.7 Å². The second-order valence-electron chi connectivity index (χ2n) is 3.90. The topological polar surface area (TPSA) is 72.3 Å². The first-order chi connectivity index (χ1) is 6.60. The number of unbranched alkanes of at least 4 members (excludes halogenated alkanes) is 1. The summed E-state index contributed by atoms with van der Waals surface area (Å²) in [7, 11) is 0. The van der Waals surface area contributed by atoms with Crippen LogP contribution in [0.2, 0.25) is 0 Å². The molecule has 0 aliphatic carbocycles. The lowest BCUT2D eigenvalue weighted by Crippen LogP contribution is -2.38. The SMILES string of the molecule is CCCCN(CC(N)=O)CC(C)CN. The molecule has 0 radical (unpaired) electrons. The number of rotatable bonds is 8. The average molecular weight is 201 g/mol. The van der Waals surface area contributed by atoms with Gasteiger partial charge in [0, 0.05) is 6.54 Å². The van der Waals surface area contributed by atoms with Crippen LogP contribution in [-0.4, -0.2) is 37.0 Å². The van der Waals surface area contributed by atoms with Crippen LogP contribution in [0.5, 0.6) is 0 Å². The van der Waals surface area contributed by atoms with Crippen LogP contribution in [-0.2, 0) is 4.79 Å². The zero-order valence-corrected chi connectivity index (χ0v) is 9.33. The number of nitrogens with two attached hydrogens (primary N) is 2. The van der Waals surface area contributed by atoms with Crippen molar-refractivity contribution in [2.75, 3.05) is 26.2 Å². The molecule has 0 bridgehead atoms. The van der Waals surface area contributed by atoms with E-state index in [-0.39, 0.29) is 5.91 Å². The molecule has 1 atom stereocenters. The highest BCUT2D eigenvalue weighted by Gasteiger charge is 2.10. The number of hydrogen-bond donors (Lipinski definition) is 2. The van der Waals surface area contributed by atoms with Crippen molar-refractivity contribution < 1.29 is 4.79 Å². The third-order valence-electron chi connectivity index (χ3n) is 2.18. The minimum Gasteiger partial charge on any atom is -0.369 e. The number of hydrogen-bond acceptors (Lipinski definition) is 3. The predicted octanol–water partition coefficient (Wildman–Crippen LogP) is 0.169. The Morgan fingerprint density at radius 3 is 2.57 bits per heavy atom. The molecule has 0 fully saturated rings. The Hall–Kier alpha value is -0.610. The molecule has 0 saturated carbocycles. The normalized spacial score (nSPS) is 13.1. The van der Waals surface area contributed by atoms with Crippen molar-refractivity contribution in [3.05, 3.63) is 0 Å². The average Bonchev–Trinajstić information content (AvgIpc) is 2.13. The highest BCUT2D eigenvalue weighted by Crippen LogP contribution is 2.00. The van der Waals surface area contributed by atoms with Gasteiger partial charge < -0.3 is 11.5 Å². The molecule has 1 amide bonds. The molecule has 0 heterocycles. The van der Waals surface area contributed by atoms with Gasteiger partial charge in [-0.3, -0.25) is 9.69 Å². The smallest absolute Gasteiger partial charge is 0.231 e. The summed E-state index contributed by atoms with van der Waals surface area (Å²) in [6.45, 7) is 7.02. The molecule has 0 aromatic heterocycles. The Morgan fingerprint density at radius 1 is 1.50 bits per heavy atom. The van der Waals surface area contributed by atoms with Crippen molar-refractivity contribution in [3.63, 3.8) is 0 Å². The molecular weight excluding hydrogens is 178 g/mol. The van der Waals surface area contributed by atoms with E-state index in [4.69, 9.17) is 11.5 Å². The van der Waals surface area contributed by atoms with E-state index in [1.165, 1.54) is 0 Å². The van der Waals surface area contributed by atoms with Gasteiger partial charge in [0.2, 0.25) is 5.91 Å². The van der Waals surface area contributed by atoms with Gasteiger partial charge in [-0.15, -0.1) is 0 Å². The van der Waals surface area contributed by atoms with E-state index >= 15 is 0 Å². The quantitative estimate of drug-likeness (QED) is 0.588. The van der Waals surface area contributed by atoms with Gasteiger partial charge in [0.15, 0.2) is 0 Å². The fraction of sp³-hybridized carbons (Fsp3) is 0.900. The molecule has 0 spiro atoms. The third kappa shape index (κ3) is 6.86. The molecule has 4 heteroatoms. The first-order valence-electron chi connectivity index (χ1n) is 5.30. The van der Waals surface area contributed by atoms with Gasteiger partial charge in [-0.1, -0.05) is 20.3 Å². The molecule has 0 aliphatic heterocycles. The molecule has 84 valence electrons. The number of nitrogens with zero attached hydrogens (tertiary/aromatic N) is 1. The zero-order chi connectivity index (χ0) is 11.0. The van der Waals surface area contributed by atoms with Crippen LogP contribution in [0.4, 0.5) is 0 Å². The zero-order valence-electron chi connectivity index (χ0n) is 9.33. The van der Waals surface area contributed by atoms with Crippen LogP contribution in [0, 0.1) is 5.92 Å². The van der Waals surface area contributed by atoms with Crippen LogP contribution >= 0.6 is 0 Å². The fourth-order valence-electron chi connectivity index (χ4n) is 1.35. The van der Waals surface area contributed by atoms with Crippen LogP contribution in [0.1, 0.15) is 26.7 Å². The van der Waals surface area contributed by atoms with E-state index in [1.807, 2.05) is 0 Å². The van der Waals surface area contributed by atoms with Crippen molar-refractivity contribution in [2.24, 2.45) is 17.4 Å². The van der Waals surface area contributed by atoms with Crippen LogP contribution in [0.25, 0.3) is 0 Å². The maximum absolute atomic E-state index is 10.8. The third-order valence-corrected chi connectivity index (χ3v) is 2.18. The molecule has 0 rings (SSSR count). The largest absolute Gasteiger partial charge is 0.369 e. The Bertz CT molecular complexity index is 161. The van der Waals surface area contributed by atoms with Crippen molar-refractivity contribution >= 4 is 5.91 Å². The lowest BCUT2D eigenvalue weighted by Gasteiger charge is -2.23. The van der Waals surface area contributed by atoms with Gasteiger partial charge in [-0.05, 0) is 25.4 Å². The molecule has 0 aliphatic rings. The first-order valence-corrected chi connectivity index (χ1v) is 5.30. The summed E-state index contributed by atoms with van der Waals surface area (Å²) in [5.41, 5.74) is 10.7. The molecule has 1 unspecified atom stereocenters. The summed E-state index contributed by atoms with van der Waals surface area (Å²) < 4.78 is 0. The molecule has 14 heavy (non-hydrogen) atoms. The highest BCUT2D eigenvalue weighted by atomic mass is 16.1. The van der Waals surface area contributed by atoms with E-state index in [0.29, 0.717) is 19.0 Å². The van der Waals surface area contributed by atoms with E-state index in [2.05, 4.69) is 18.7 Å². The van der Waals surface area contributed by atoms with Crippen LogP contribution < -0.4 is 11.5 Å². The predicted molar refractivity (Wildman–Crippen MR) is 58.8 cm³/mol. The van der Waals surface area contributed by atoms with Gasteiger partial charge in [-0.2, -0.15) is 0 Å². The second-order valence-corrected chi connectivity index (χ2v) is 3.90. The molecular formula is C10H23N3O. The van der Waals surface area contributed by atoms with Crippen LogP contribution in [0.15, 0.2) is 0 Å². The standard InChI is InChI=1S/C10H23N3O/c1-3-4-5-13(8-10(12)14)7-9(2)6-11/h9H,3-8,11H2,1-2H3,(H2,12,14). The van der Waals surface area contributed by atoms with E-state index in [0.717, 1.165) is 25.9 Å².